The SMILES string of the molecule is COC(=O)c1c(CNC(=O)c2ccc(-n3nc(C)cc3C)c(F)c2)nn2c1CCCC2. The van der Waals surface area contributed by atoms with E-state index in [9.17, 15) is 14.0 Å². The van der Waals surface area contributed by atoms with Gasteiger partial charge in [0, 0.05) is 17.8 Å². The normalized spacial score (nSPS) is 13.0. The first-order chi connectivity index (χ1) is 14.9. The monoisotopic (exact) mass is 425 g/mol. The molecule has 9 heteroatoms. The Morgan fingerprint density at radius 1 is 1.19 bits per heavy atom. The van der Waals surface area contributed by atoms with E-state index in [0.717, 1.165) is 42.9 Å². The van der Waals surface area contributed by atoms with Crippen LogP contribution in [0.4, 0.5) is 4.39 Å². The van der Waals surface area contributed by atoms with Crippen LogP contribution < -0.4 is 5.32 Å². The molecule has 0 radical (unpaired) electrons. The van der Waals surface area contributed by atoms with Gasteiger partial charge in [-0.15, -0.1) is 0 Å². The number of esters is 1. The molecule has 162 valence electrons. The Kier molecular flexibility index (Phi) is 5.58. The highest BCUT2D eigenvalue weighted by molar-refractivity contribution is 5.95. The third-order valence-electron chi connectivity index (χ3n) is 5.42. The van der Waals surface area contributed by atoms with Gasteiger partial charge in [-0.2, -0.15) is 10.2 Å². The number of rotatable bonds is 5. The number of nitrogens with one attached hydrogen (secondary N) is 1. The van der Waals surface area contributed by atoms with E-state index >= 15 is 0 Å². The van der Waals surface area contributed by atoms with E-state index < -0.39 is 17.7 Å². The lowest BCUT2D eigenvalue weighted by Gasteiger charge is -2.13. The van der Waals surface area contributed by atoms with Crippen molar-refractivity contribution in [2.45, 2.75) is 46.2 Å². The van der Waals surface area contributed by atoms with Crippen LogP contribution in [0, 0.1) is 19.7 Å². The summed E-state index contributed by atoms with van der Waals surface area (Å²) in [5, 5.41) is 11.5. The predicted molar refractivity (Wildman–Crippen MR) is 111 cm³/mol. The lowest BCUT2D eigenvalue weighted by Crippen LogP contribution is -2.24. The minimum absolute atomic E-state index is 0.0457. The fourth-order valence-electron chi connectivity index (χ4n) is 3.96. The van der Waals surface area contributed by atoms with Gasteiger partial charge in [0.05, 0.1) is 30.7 Å². The molecule has 1 N–H and O–H groups in total. The van der Waals surface area contributed by atoms with Crippen LogP contribution in [0.5, 0.6) is 0 Å². The Morgan fingerprint density at radius 2 is 2.00 bits per heavy atom. The van der Waals surface area contributed by atoms with E-state index in [2.05, 4.69) is 15.5 Å². The number of halogens is 1. The fraction of sp³-hybridized carbons (Fsp3) is 0.364. The van der Waals surface area contributed by atoms with E-state index in [-0.39, 0.29) is 17.8 Å². The molecule has 3 aromatic rings. The summed E-state index contributed by atoms with van der Waals surface area (Å²) in [6, 6.07) is 6.10. The molecular weight excluding hydrogens is 401 g/mol. The van der Waals surface area contributed by atoms with Crippen molar-refractivity contribution in [2.75, 3.05) is 7.11 Å². The van der Waals surface area contributed by atoms with Crippen LogP contribution in [0.1, 0.15) is 56.3 Å². The number of hydrogen-bond acceptors (Lipinski definition) is 5. The van der Waals surface area contributed by atoms with E-state index in [1.165, 1.54) is 23.9 Å². The average Bonchev–Trinajstić information content (AvgIpc) is 3.30. The van der Waals surface area contributed by atoms with Crippen LogP contribution in [0.25, 0.3) is 5.69 Å². The highest BCUT2D eigenvalue weighted by Gasteiger charge is 2.26. The summed E-state index contributed by atoms with van der Waals surface area (Å²) < 4.78 is 22.9. The molecule has 0 aliphatic carbocycles. The van der Waals surface area contributed by atoms with Crippen LogP contribution >= 0.6 is 0 Å². The second-order valence-corrected chi connectivity index (χ2v) is 7.63. The summed E-state index contributed by atoms with van der Waals surface area (Å²) in [5.41, 5.74) is 3.73. The lowest BCUT2D eigenvalue weighted by molar-refractivity contribution is 0.0597. The molecular formula is C22H24FN5O3. The van der Waals surface area contributed by atoms with Crippen LogP contribution in [-0.4, -0.2) is 38.5 Å². The Balaban J connectivity index is 1.53. The van der Waals surface area contributed by atoms with Gasteiger partial charge >= 0.3 is 5.97 Å². The van der Waals surface area contributed by atoms with Gasteiger partial charge in [0.1, 0.15) is 17.1 Å². The van der Waals surface area contributed by atoms with Gasteiger partial charge < -0.3 is 10.1 Å². The largest absolute Gasteiger partial charge is 0.465 e. The third-order valence-corrected chi connectivity index (χ3v) is 5.42. The molecule has 1 aliphatic heterocycles. The highest BCUT2D eigenvalue weighted by atomic mass is 19.1. The van der Waals surface area contributed by atoms with E-state index in [1.807, 2.05) is 19.9 Å². The molecule has 0 spiro atoms. The summed E-state index contributed by atoms with van der Waals surface area (Å²) in [7, 11) is 1.32. The van der Waals surface area contributed by atoms with Gasteiger partial charge in [-0.25, -0.2) is 13.9 Å². The molecule has 4 rings (SSSR count). The number of benzene rings is 1. The minimum atomic E-state index is -0.549. The molecule has 0 bridgehead atoms. The first kappa shape index (κ1) is 20.8. The maximum Gasteiger partial charge on any atom is 0.341 e. The Labute approximate surface area is 179 Å². The highest BCUT2D eigenvalue weighted by Crippen LogP contribution is 2.23. The number of methoxy groups -OCH3 is 1. The van der Waals surface area contributed by atoms with Crippen molar-refractivity contribution in [2.24, 2.45) is 0 Å². The van der Waals surface area contributed by atoms with E-state index in [4.69, 9.17) is 4.74 Å². The maximum atomic E-state index is 14.7. The number of carbonyl (C=O) groups excluding carboxylic acids is 2. The standard InChI is InChI=1S/C22H24FN5O3/c1-13-10-14(2)28(25-13)18-8-7-15(11-16(18)23)21(29)24-12-17-20(22(30)31-3)19-6-4-5-9-27(19)26-17/h7-8,10-11H,4-6,9,12H2,1-3H3,(H,24,29). The van der Waals surface area contributed by atoms with Gasteiger partial charge in [0.2, 0.25) is 0 Å². The first-order valence-corrected chi connectivity index (χ1v) is 10.2. The number of hydrogen-bond donors (Lipinski definition) is 1. The minimum Gasteiger partial charge on any atom is -0.465 e. The molecule has 1 aliphatic rings. The first-order valence-electron chi connectivity index (χ1n) is 10.2. The zero-order valence-electron chi connectivity index (χ0n) is 17.7. The fourth-order valence-corrected chi connectivity index (χ4v) is 3.96. The molecule has 1 amide bonds. The predicted octanol–water partition coefficient (Wildman–Crippen LogP) is 2.88. The van der Waals surface area contributed by atoms with Crippen molar-refractivity contribution in [1.82, 2.24) is 24.9 Å². The van der Waals surface area contributed by atoms with Gasteiger partial charge in [-0.05, 0) is 57.4 Å². The van der Waals surface area contributed by atoms with E-state index in [1.54, 1.807) is 10.7 Å². The molecule has 0 atom stereocenters. The summed E-state index contributed by atoms with van der Waals surface area (Å²) >= 11 is 0. The summed E-state index contributed by atoms with van der Waals surface area (Å²) in [6.07, 6.45) is 2.70. The van der Waals surface area contributed by atoms with Crippen molar-refractivity contribution < 1.29 is 18.7 Å². The Morgan fingerprint density at radius 3 is 2.68 bits per heavy atom. The quantitative estimate of drug-likeness (QED) is 0.635. The average molecular weight is 425 g/mol. The number of nitrogens with zero attached hydrogens (tertiary/aromatic N) is 4. The van der Waals surface area contributed by atoms with Gasteiger partial charge in [-0.1, -0.05) is 0 Å². The maximum absolute atomic E-state index is 14.7. The Bertz CT molecular complexity index is 1160. The number of aromatic nitrogens is 4. The molecule has 31 heavy (non-hydrogen) atoms. The molecule has 0 fully saturated rings. The smallest absolute Gasteiger partial charge is 0.341 e. The van der Waals surface area contributed by atoms with Gasteiger partial charge in [0.15, 0.2) is 0 Å². The molecule has 3 heterocycles. The zero-order valence-corrected chi connectivity index (χ0v) is 17.7. The number of aryl methyl sites for hydroxylation is 3. The van der Waals surface area contributed by atoms with Crippen LogP contribution in [0.2, 0.25) is 0 Å². The zero-order chi connectivity index (χ0) is 22.1. The number of fused-ring (bicyclic) bond motifs is 1. The summed E-state index contributed by atoms with van der Waals surface area (Å²) in [4.78, 5) is 24.9. The second kappa shape index (κ2) is 8.33. The van der Waals surface area contributed by atoms with Crippen molar-refractivity contribution in [3.63, 3.8) is 0 Å². The van der Waals surface area contributed by atoms with Gasteiger partial charge in [-0.3, -0.25) is 9.48 Å². The Hall–Kier alpha value is -3.49. The number of ether oxygens (including phenoxy) is 1. The van der Waals surface area contributed by atoms with Crippen molar-refractivity contribution >= 4 is 11.9 Å². The van der Waals surface area contributed by atoms with Crippen LogP contribution in [-0.2, 0) is 24.2 Å². The van der Waals surface area contributed by atoms with E-state index in [0.29, 0.717) is 11.3 Å². The van der Waals surface area contributed by atoms with Crippen molar-refractivity contribution in [3.05, 3.63) is 64.0 Å². The number of carbonyl (C=O) groups is 2. The molecule has 8 nitrogen and oxygen atoms in total. The van der Waals surface area contributed by atoms with Crippen molar-refractivity contribution in [1.29, 1.82) is 0 Å². The van der Waals surface area contributed by atoms with Gasteiger partial charge in [0.25, 0.3) is 5.91 Å². The topological polar surface area (TPSA) is 91.0 Å². The third kappa shape index (κ3) is 3.95. The molecule has 0 unspecified atom stereocenters. The van der Waals surface area contributed by atoms with Crippen molar-refractivity contribution in [3.8, 4) is 5.69 Å². The molecule has 1 aromatic carbocycles. The number of amides is 1. The molecule has 2 aromatic heterocycles. The molecule has 0 saturated heterocycles. The van der Waals surface area contributed by atoms with Crippen LogP contribution in [0.3, 0.4) is 0 Å². The summed E-state index contributed by atoms with van der Waals surface area (Å²) in [5.74, 6) is -1.47. The summed E-state index contributed by atoms with van der Waals surface area (Å²) in [6.45, 7) is 4.44. The lowest BCUT2D eigenvalue weighted by atomic mass is 10.0. The molecule has 0 saturated carbocycles. The second-order valence-electron chi connectivity index (χ2n) is 7.63. The van der Waals surface area contributed by atoms with Crippen LogP contribution in [0.15, 0.2) is 24.3 Å².